The molecule has 0 bridgehead atoms. The van der Waals surface area contributed by atoms with Gasteiger partial charge in [0.25, 0.3) is 0 Å². The molecule has 7 rings (SSSR count). The third-order valence-electron chi connectivity index (χ3n) is 9.88. The fraction of sp³-hybridized carbons (Fsp3) is 0.298. The van der Waals surface area contributed by atoms with E-state index in [4.69, 9.17) is 18.9 Å². The predicted molar refractivity (Wildman–Crippen MR) is 219 cm³/mol. The lowest BCUT2D eigenvalue weighted by Crippen LogP contribution is -2.50. The van der Waals surface area contributed by atoms with Gasteiger partial charge in [-0.2, -0.15) is 0 Å². The van der Waals surface area contributed by atoms with Crippen molar-refractivity contribution in [3.63, 3.8) is 0 Å². The summed E-state index contributed by atoms with van der Waals surface area (Å²) in [7, 11) is 0. The van der Waals surface area contributed by atoms with Crippen LogP contribution in [0.1, 0.15) is 43.0 Å². The van der Waals surface area contributed by atoms with Crippen LogP contribution in [0.4, 0.5) is 4.79 Å². The van der Waals surface area contributed by atoms with Gasteiger partial charge in [-0.3, -0.25) is 4.90 Å². The minimum Gasteiger partial charge on any atom is -0.492 e. The molecule has 2 heterocycles. The van der Waals surface area contributed by atoms with E-state index in [1.54, 1.807) is 4.90 Å². The molecule has 1 aliphatic heterocycles. The molecule has 0 unspecified atom stereocenters. The smallest absolute Gasteiger partial charge is 0.410 e. The largest absolute Gasteiger partial charge is 0.492 e. The zero-order chi connectivity index (χ0) is 38.2. The first kappa shape index (κ1) is 37.6. The number of hydrogen-bond donors (Lipinski definition) is 0. The van der Waals surface area contributed by atoms with Gasteiger partial charge in [-0.15, -0.1) is 0 Å². The number of rotatable bonds is 13. The van der Waals surface area contributed by atoms with Crippen molar-refractivity contribution in [2.24, 2.45) is 0 Å². The summed E-state index contributed by atoms with van der Waals surface area (Å²) in [5, 5.41) is 1.16. The van der Waals surface area contributed by atoms with Gasteiger partial charge >= 0.3 is 6.09 Å². The second kappa shape index (κ2) is 17.2. The Bertz CT molecular complexity index is 2150. The lowest BCUT2D eigenvalue weighted by Gasteiger charge is -2.35. The highest BCUT2D eigenvalue weighted by atomic mass is 16.6. The van der Waals surface area contributed by atoms with Gasteiger partial charge in [0.15, 0.2) is 0 Å². The SMILES string of the molecule is Cc1c(-c2ccc(OCc3ccccc3)cc2)n(Cc2ccc(OCCN3CCN(C(=O)OC(C)(C)C)CC3)cc2)c2ccc(OCc3ccccc3)cc12. The van der Waals surface area contributed by atoms with Crippen LogP contribution in [-0.4, -0.2) is 65.4 Å². The first-order valence-corrected chi connectivity index (χ1v) is 19.2. The molecule has 8 nitrogen and oxygen atoms in total. The lowest BCUT2D eigenvalue weighted by atomic mass is 10.1. The van der Waals surface area contributed by atoms with Crippen LogP contribution in [0.5, 0.6) is 17.2 Å². The number of hydrogen-bond acceptors (Lipinski definition) is 6. The molecule has 55 heavy (non-hydrogen) atoms. The van der Waals surface area contributed by atoms with Crippen LogP contribution in [0.2, 0.25) is 0 Å². The maximum absolute atomic E-state index is 12.4. The summed E-state index contributed by atoms with van der Waals surface area (Å²) in [4.78, 5) is 16.5. The van der Waals surface area contributed by atoms with E-state index in [0.29, 0.717) is 39.5 Å². The summed E-state index contributed by atoms with van der Waals surface area (Å²) in [6.07, 6.45) is -0.238. The number of carbonyl (C=O) groups excluding carboxylic acids is 1. The fourth-order valence-corrected chi connectivity index (χ4v) is 6.97. The molecule has 6 aromatic rings. The van der Waals surface area contributed by atoms with E-state index in [2.05, 4.69) is 107 Å². The summed E-state index contributed by atoms with van der Waals surface area (Å²) in [6, 6.07) is 43.7. The topological polar surface area (TPSA) is 65.4 Å². The third-order valence-corrected chi connectivity index (χ3v) is 9.88. The Morgan fingerprint density at radius 1 is 0.636 bits per heavy atom. The van der Waals surface area contributed by atoms with Crippen LogP contribution in [-0.2, 0) is 24.5 Å². The Hall–Kier alpha value is -5.73. The van der Waals surface area contributed by atoms with Gasteiger partial charge in [0, 0.05) is 50.2 Å². The van der Waals surface area contributed by atoms with Crippen LogP contribution in [0.25, 0.3) is 22.2 Å². The van der Waals surface area contributed by atoms with E-state index in [1.807, 2.05) is 57.2 Å². The number of nitrogens with zero attached hydrogens (tertiary/aromatic N) is 3. The molecular weight excluding hydrogens is 687 g/mol. The molecule has 1 fully saturated rings. The summed E-state index contributed by atoms with van der Waals surface area (Å²) in [6.45, 7) is 13.9. The van der Waals surface area contributed by atoms with Gasteiger partial charge < -0.3 is 28.4 Å². The normalized spacial score (nSPS) is 13.5. The molecular formula is C47H51N3O5. The van der Waals surface area contributed by atoms with Gasteiger partial charge in [0.05, 0.1) is 5.69 Å². The first-order valence-electron chi connectivity index (χ1n) is 19.2. The number of ether oxygens (including phenoxy) is 4. The minimum atomic E-state index is -0.484. The maximum Gasteiger partial charge on any atom is 0.410 e. The Kier molecular flexibility index (Phi) is 11.7. The van der Waals surface area contributed by atoms with Crippen molar-refractivity contribution in [3.8, 4) is 28.5 Å². The lowest BCUT2D eigenvalue weighted by molar-refractivity contribution is 0.0137. The van der Waals surface area contributed by atoms with Crippen LogP contribution >= 0.6 is 0 Å². The molecule has 1 aliphatic rings. The molecule has 5 aromatic carbocycles. The Balaban J connectivity index is 1.04. The van der Waals surface area contributed by atoms with E-state index in [-0.39, 0.29) is 6.09 Å². The zero-order valence-electron chi connectivity index (χ0n) is 32.4. The zero-order valence-corrected chi connectivity index (χ0v) is 32.4. The highest BCUT2D eigenvalue weighted by Crippen LogP contribution is 2.37. The average molecular weight is 738 g/mol. The number of amides is 1. The second-order valence-electron chi connectivity index (χ2n) is 15.1. The van der Waals surface area contributed by atoms with Crippen molar-refractivity contribution in [2.75, 3.05) is 39.3 Å². The average Bonchev–Trinajstić information content (AvgIpc) is 3.47. The van der Waals surface area contributed by atoms with Crippen LogP contribution in [0.15, 0.2) is 127 Å². The predicted octanol–water partition coefficient (Wildman–Crippen LogP) is 9.75. The summed E-state index contributed by atoms with van der Waals surface area (Å²) < 4.78 is 26.5. The molecule has 0 N–H and O–H groups in total. The highest BCUT2D eigenvalue weighted by Gasteiger charge is 2.26. The molecule has 0 spiro atoms. The van der Waals surface area contributed by atoms with Gasteiger partial charge in [0.2, 0.25) is 0 Å². The first-order chi connectivity index (χ1) is 26.7. The highest BCUT2D eigenvalue weighted by molar-refractivity contribution is 5.92. The van der Waals surface area contributed by atoms with E-state index >= 15 is 0 Å². The summed E-state index contributed by atoms with van der Waals surface area (Å²) in [5.41, 5.74) is 7.60. The van der Waals surface area contributed by atoms with Crippen molar-refractivity contribution < 1.29 is 23.7 Å². The van der Waals surface area contributed by atoms with E-state index in [9.17, 15) is 4.79 Å². The standard InChI is InChI=1S/C47H51N3O5/c1-35-43-31-42(54-34-38-13-9-6-10-14-38)23-24-44(43)50(45(35)39-17-21-41(22-18-39)53-33-37-11-7-5-8-12-37)32-36-15-19-40(20-16-36)52-30-29-48-25-27-49(28-26-48)46(51)55-47(2,3)4/h5-24,31H,25-30,32-34H2,1-4H3. The number of aromatic nitrogens is 1. The van der Waals surface area contributed by atoms with Gasteiger partial charge in [-0.1, -0.05) is 72.8 Å². The van der Waals surface area contributed by atoms with Crippen LogP contribution in [0, 0.1) is 6.92 Å². The quantitative estimate of drug-likeness (QED) is 0.118. The van der Waals surface area contributed by atoms with E-state index in [0.717, 1.165) is 70.2 Å². The van der Waals surface area contributed by atoms with Gasteiger partial charge in [-0.25, -0.2) is 4.79 Å². The number of carbonyl (C=O) groups is 1. The number of piperazine rings is 1. The van der Waals surface area contributed by atoms with Crippen molar-refractivity contribution in [3.05, 3.63) is 150 Å². The number of benzene rings is 5. The minimum absolute atomic E-state index is 0.238. The van der Waals surface area contributed by atoms with E-state index < -0.39 is 5.60 Å². The molecule has 0 aliphatic carbocycles. The summed E-state index contributed by atoms with van der Waals surface area (Å²) >= 11 is 0. The Morgan fingerprint density at radius 3 is 1.82 bits per heavy atom. The maximum atomic E-state index is 12.4. The van der Waals surface area contributed by atoms with Crippen molar-refractivity contribution in [1.29, 1.82) is 0 Å². The van der Waals surface area contributed by atoms with E-state index in [1.165, 1.54) is 11.1 Å². The molecule has 0 radical (unpaired) electrons. The van der Waals surface area contributed by atoms with Crippen LogP contribution < -0.4 is 14.2 Å². The molecule has 284 valence electrons. The Labute approximate surface area is 324 Å². The second-order valence-corrected chi connectivity index (χ2v) is 15.1. The molecule has 1 saturated heterocycles. The van der Waals surface area contributed by atoms with Crippen molar-refractivity contribution >= 4 is 17.0 Å². The third kappa shape index (κ3) is 9.88. The van der Waals surface area contributed by atoms with Crippen molar-refractivity contribution in [2.45, 2.75) is 53.1 Å². The molecule has 0 saturated carbocycles. The van der Waals surface area contributed by atoms with Gasteiger partial charge in [0.1, 0.15) is 42.7 Å². The molecule has 8 heteroatoms. The molecule has 0 atom stereocenters. The number of fused-ring (bicyclic) bond motifs is 1. The molecule has 1 aromatic heterocycles. The molecule has 1 amide bonds. The monoisotopic (exact) mass is 737 g/mol. The van der Waals surface area contributed by atoms with Crippen LogP contribution in [0.3, 0.4) is 0 Å². The van der Waals surface area contributed by atoms with Crippen molar-refractivity contribution in [1.82, 2.24) is 14.4 Å². The Morgan fingerprint density at radius 2 is 1.20 bits per heavy atom. The van der Waals surface area contributed by atoms with Gasteiger partial charge in [-0.05, 0) is 110 Å². The fourth-order valence-electron chi connectivity index (χ4n) is 6.97. The summed E-state index contributed by atoms with van der Waals surface area (Å²) in [5.74, 6) is 2.53. The number of aryl methyl sites for hydroxylation is 1.